The number of fused-ring (bicyclic) bond motifs is 1. The Kier molecular flexibility index (Phi) is 15.0. The zero-order valence-electron chi connectivity index (χ0n) is 31.9. The predicted octanol–water partition coefficient (Wildman–Crippen LogP) is 3.05. The van der Waals surface area contributed by atoms with Gasteiger partial charge in [-0.25, -0.2) is 0 Å². The lowest BCUT2D eigenvalue weighted by atomic mass is 9.95. The van der Waals surface area contributed by atoms with Gasteiger partial charge in [0.1, 0.15) is 31.0 Å². The van der Waals surface area contributed by atoms with E-state index in [9.17, 15) is 28.8 Å². The van der Waals surface area contributed by atoms with Gasteiger partial charge in [-0.3, -0.25) is 28.8 Å². The number of nitrogens with one attached hydrogen (secondary N) is 1. The molecule has 3 fully saturated rings. The molecule has 1 amide bonds. The van der Waals surface area contributed by atoms with E-state index >= 15 is 0 Å². The Hall–Kier alpha value is -4.69. The Labute approximate surface area is 332 Å². The Morgan fingerprint density at radius 3 is 1.93 bits per heavy atom. The van der Waals surface area contributed by atoms with Crippen LogP contribution in [-0.4, -0.2) is 110 Å². The number of hydrogen-bond acceptors (Lipinski definition) is 17. The van der Waals surface area contributed by atoms with Gasteiger partial charge in [0.25, 0.3) is 0 Å². The summed E-state index contributed by atoms with van der Waals surface area (Å²) >= 11 is 6.24. The van der Waals surface area contributed by atoms with Crippen LogP contribution >= 0.6 is 11.6 Å². The minimum absolute atomic E-state index is 0.0968. The number of hydrogen-bond donors (Lipinski definition) is 1. The third-order valence-electron chi connectivity index (χ3n) is 8.65. The predicted molar refractivity (Wildman–Crippen MR) is 192 cm³/mol. The maximum atomic E-state index is 12.7. The molecule has 0 aromatic heterocycles. The molecular weight excluding hydrogens is 778 g/mol. The van der Waals surface area contributed by atoms with Crippen LogP contribution in [0.2, 0.25) is 5.02 Å². The van der Waals surface area contributed by atoms with Crippen LogP contribution in [0.5, 0.6) is 0 Å². The Morgan fingerprint density at radius 2 is 1.32 bits per heavy atom. The number of halogens is 1. The summed E-state index contributed by atoms with van der Waals surface area (Å²) in [6.07, 6.45) is -14.7. The van der Waals surface area contributed by atoms with Gasteiger partial charge >= 0.3 is 29.8 Å². The number of carbonyl (C=O) groups excluding carboxylic acids is 6. The highest BCUT2D eigenvalue weighted by Crippen LogP contribution is 2.39. The van der Waals surface area contributed by atoms with Crippen LogP contribution in [0.3, 0.4) is 0 Å². The molecule has 11 atom stereocenters. The molecule has 2 aromatic rings. The molecule has 1 unspecified atom stereocenters. The average Bonchev–Trinajstić information content (AvgIpc) is 3.13. The number of esters is 5. The van der Waals surface area contributed by atoms with Gasteiger partial charge < -0.3 is 57.4 Å². The molecule has 19 heteroatoms. The topological polar surface area (TPSA) is 216 Å². The lowest BCUT2D eigenvalue weighted by Gasteiger charge is -2.50. The second-order valence-electron chi connectivity index (χ2n) is 13.3. The van der Waals surface area contributed by atoms with Crippen LogP contribution in [-0.2, 0) is 87.5 Å². The molecular formula is C38H44ClNO17. The van der Waals surface area contributed by atoms with Crippen LogP contribution in [0.1, 0.15) is 59.0 Å². The molecule has 57 heavy (non-hydrogen) atoms. The smallest absolute Gasteiger partial charge is 0.303 e. The van der Waals surface area contributed by atoms with Gasteiger partial charge in [-0.1, -0.05) is 48.0 Å². The van der Waals surface area contributed by atoms with E-state index in [-0.39, 0.29) is 24.1 Å². The van der Waals surface area contributed by atoms with Crippen molar-refractivity contribution >= 4 is 53.0 Å². The van der Waals surface area contributed by atoms with Gasteiger partial charge in [0.2, 0.25) is 5.91 Å². The molecule has 18 nitrogen and oxygen atoms in total. The normalized spacial score (nSPS) is 29.5. The van der Waals surface area contributed by atoms with Crippen LogP contribution in [0.15, 0.2) is 48.5 Å². The largest absolute Gasteiger partial charge is 0.463 e. The van der Waals surface area contributed by atoms with Crippen molar-refractivity contribution in [3.05, 3.63) is 64.7 Å². The quantitative estimate of drug-likeness (QED) is 0.227. The molecule has 0 saturated carbocycles. The van der Waals surface area contributed by atoms with Crippen molar-refractivity contribution in [2.45, 2.75) is 116 Å². The standard InChI is InChI=1S/C38H44ClNO17/c1-18(41)40-27-14-24(12-13-26(27)39)15-48-37-34(52-22(5)45)32(50-20(3)43)31(28(54-37)16-47-19(2)42)57-38-35(53-23(6)46)33(51-21(4)44)30-29(55-38)17-49-36(56-30)25-10-8-7-9-11-25/h7-14,28-38H,15-17H2,1-6H3,(H,40,41)/t28-,29-,30-,31-,32+,33+,34-,35-,36?,37-,38-/m1/s1. The zero-order valence-corrected chi connectivity index (χ0v) is 32.7. The highest BCUT2D eigenvalue weighted by molar-refractivity contribution is 6.33. The van der Waals surface area contributed by atoms with Gasteiger partial charge in [0, 0.05) is 47.1 Å². The summed E-state index contributed by atoms with van der Waals surface area (Å²) in [6.45, 7) is 6.16. The second kappa shape index (κ2) is 19.6. The number of benzene rings is 2. The molecule has 3 heterocycles. The van der Waals surface area contributed by atoms with E-state index in [0.29, 0.717) is 16.8 Å². The maximum Gasteiger partial charge on any atom is 0.303 e. The second-order valence-corrected chi connectivity index (χ2v) is 13.7. The summed E-state index contributed by atoms with van der Waals surface area (Å²) in [6, 6.07) is 13.7. The van der Waals surface area contributed by atoms with Crippen molar-refractivity contribution in [3.8, 4) is 0 Å². The summed E-state index contributed by atoms with van der Waals surface area (Å²) in [5.74, 6) is -4.27. The van der Waals surface area contributed by atoms with E-state index in [2.05, 4.69) is 5.32 Å². The Balaban J connectivity index is 1.49. The molecule has 0 radical (unpaired) electrons. The van der Waals surface area contributed by atoms with Crippen molar-refractivity contribution in [2.24, 2.45) is 0 Å². The Bertz CT molecular complexity index is 1780. The molecule has 0 spiro atoms. The van der Waals surface area contributed by atoms with Gasteiger partial charge in [-0.05, 0) is 17.7 Å². The SMILES string of the molecule is CC(=O)Nc1cc(CO[C@@H]2O[C@H](COC(C)=O)[C@@H](O[C@H]3O[C@@H]4COC(c5ccccc5)O[C@H]4[C@H](OC(C)=O)[C@H]3OC(C)=O)[C@H](OC(C)=O)[C@H]2OC(C)=O)ccc1Cl. The molecule has 310 valence electrons. The van der Waals surface area contributed by atoms with E-state index in [0.717, 1.165) is 34.6 Å². The van der Waals surface area contributed by atoms with E-state index in [1.165, 1.54) is 13.0 Å². The number of anilines is 1. The fourth-order valence-corrected chi connectivity index (χ4v) is 6.68. The van der Waals surface area contributed by atoms with E-state index < -0.39 is 104 Å². The first-order valence-corrected chi connectivity index (χ1v) is 18.3. The summed E-state index contributed by atoms with van der Waals surface area (Å²) in [4.78, 5) is 74.1. The first kappa shape index (κ1) is 43.4. The zero-order chi connectivity index (χ0) is 41.4. The summed E-state index contributed by atoms with van der Waals surface area (Å²) in [7, 11) is 0. The van der Waals surface area contributed by atoms with Crippen LogP contribution in [0.4, 0.5) is 5.69 Å². The van der Waals surface area contributed by atoms with Crippen molar-refractivity contribution in [1.29, 1.82) is 0 Å². The monoisotopic (exact) mass is 821 g/mol. The van der Waals surface area contributed by atoms with Crippen molar-refractivity contribution in [1.82, 2.24) is 0 Å². The molecule has 0 aliphatic carbocycles. The third-order valence-corrected chi connectivity index (χ3v) is 8.98. The van der Waals surface area contributed by atoms with E-state index in [4.69, 9.17) is 63.7 Å². The Morgan fingerprint density at radius 1 is 0.702 bits per heavy atom. The summed E-state index contributed by atoms with van der Waals surface area (Å²) in [5, 5.41) is 2.88. The van der Waals surface area contributed by atoms with Crippen molar-refractivity contribution < 1.29 is 80.9 Å². The van der Waals surface area contributed by atoms with E-state index in [1.54, 1.807) is 36.4 Å². The lowest BCUT2D eigenvalue weighted by Crippen LogP contribution is -2.67. The average molecular weight is 822 g/mol. The number of carbonyl (C=O) groups is 6. The number of amides is 1. The highest BCUT2D eigenvalue weighted by Gasteiger charge is 2.58. The molecule has 1 N–H and O–H groups in total. The van der Waals surface area contributed by atoms with Crippen LogP contribution < -0.4 is 5.32 Å². The van der Waals surface area contributed by atoms with Crippen molar-refractivity contribution in [3.63, 3.8) is 0 Å². The lowest BCUT2D eigenvalue weighted by molar-refractivity contribution is -0.386. The molecule has 3 aliphatic heterocycles. The van der Waals surface area contributed by atoms with Crippen molar-refractivity contribution in [2.75, 3.05) is 18.5 Å². The maximum absolute atomic E-state index is 12.7. The fraction of sp³-hybridized carbons (Fsp3) is 0.526. The molecule has 3 aliphatic rings. The summed E-state index contributed by atoms with van der Waals surface area (Å²) in [5.41, 5.74) is 1.47. The van der Waals surface area contributed by atoms with Gasteiger partial charge in [-0.15, -0.1) is 0 Å². The molecule has 2 aromatic carbocycles. The minimum atomic E-state index is -1.61. The third kappa shape index (κ3) is 11.7. The number of ether oxygens (including phenoxy) is 11. The van der Waals surface area contributed by atoms with Crippen LogP contribution in [0.25, 0.3) is 0 Å². The fourth-order valence-electron chi connectivity index (χ4n) is 6.51. The van der Waals surface area contributed by atoms with Gasteiger partial charge in [0.05, 0.1) is 23.9 Å². The van der Waals surface area contributed by atoms with Gasteiger partial charge in [-0.2, -0.15) is 0 Å². The highest BCUT2D eigenvalue weighted by atomic mass is 35.5. The molecule has 5 rings (SSSR count). The molecule has 0 bridgehead atoms. The minimum Gasteiger partial charge on any atom is -0.463 e. The molecule has 3 saturated heterocycles. The summed E-state index contributed by atoms with van der Waals surface area (Å²) < 4.78 is 65.4. The van der Waals surface area contributed by atoms with Crippen LogP contribution in [0, 0.1) is 0 Å². The first-order chi connectivity index (χ1) is 27.1. The van der Waals surface area contributed by atoms with E-state index in [1.807, 2.05) is 6.07 Å². The first-order valence-electron chi connectivity index (χ1n) is 17.9. The number of rotatable bonds is 13. The van der Waals surface area contributed by atoms with Gasteiger partial charge in [0.15, 0.2) is 43.3 Å².